The number of nitrogen functional groups attached to an aromatic ring is 1. The molecule has 6 rings (SSSR count). The Balaban J connectivity index is 1.26. The number of aromatic nitrogens is 5. The molecule has 0 bridgehead atoms. The van der Waals surface area contributed by atoms with Crippen LogP contribution >= 0.6 is 0 Å². The van der Waals surface area contributed by atoms with Gasteiger partial charge >= 0.3 is 0 Å². The van der Waals surface area contributed by atoms with Crippen LogP contribution in [0.1, 0.15) is 11.1 Å². The Bertz CT molecular complexity index is 1430. The van der Waals surface area contributed by atoms with Crippen LogP contribution in [-0.2, 0) is 13.0 Å². The van der Waals surface area contributed by atoms with Crippen LogP contribution in [0.4, 0.5) is 17.5 Å². The summed E-state index contributed by atoms with van der Waals surface area (Å²) in [6.45, 7) is 1.65. The number of fused-ring (bicyclic) bond motifs is 2. The van der Waals surface area contributed by atoms with E-state index in [2.05, 4.69) is 83.9 Å². The molecule has 0 saturated carbocycles. The van der Waals surface area contributed by atoms with Crippen molar-refractivity contribution < 1.29 is 0 Å². The Morgan fingerprint density at radius 2 is 1.85 bits per heavy atom. The van der Waals surface area contributed by atoms with Crippen LogP contribution < -0.4 is 16.0 Å². The van der Waals surface area contributed by atoms with E-state index in [0.29, 0.717) is 11.5 Å². The number of pyridine rings is 1. The van der Waals surface area contributed by atoms with Crippen molar-refractivity contribution in [3.63, 3.8) is 0 Å². The normalized spacial score (nSPS) is 15.3. The number of hydrogen-bond donors (Lipinski definition) is 3. The number of benzene rings is 2. The average Bonchev–Trinajstić information content (AvgIpc) is 3.34. The fourth-order valence-corrected chi connectivity index (χ4v) is 4.62. The van der Waals surface area contributed by atoms with E-state index >= 15 is 0 Å². The van der Waals surface area contributed by atoms with Gasteiger partial charge in [0.2, 0.25) is 5.95 Å². The molecule has 0 spiro atoms. The van der Waals surface area contributed by atoms with Gasteiger partial charge in [0.05, 0.1) is 17.3 Å². The molecule has 8 nitrogen and oxygen atoms in total. The molecule has 0 amide bonds. The Morgan fingerprint density at radius 1 is 1.00 bits per heavy atom. The highest BCUT2D eigenvalue weighted by Crippen LogP contribution is 2.31. The zero-order valence-corrected chi connectivity index (χ0v) is 18.5. The van der Waals surface area contributed by atoms with Gasteiger partial charge in [0, 0.05) is 36.6 Å². The third-order valence-electron chi connectivity index (χ3n) is 6.20. The van der Waals surface area contributed by atoms with E-state index in [1.807, 2.05) is 24.4 Å². The molecule has 5 aromatic rings. The lowest BCUT2D eigenvalue weighted by Gasteiger charge is -2.37. The molecule has 3 aromatic heterocycles. The number of para-hydroxylation sites is 1. The molecule has 2 aromatic carbocycles. The molecule has 1 aliphatic rings. The molecule has 1 aliphatic heterocycles. The summed E-state index contributed by atoms with van der Waals surface area (Å²) in [6.07, 6.45) is 4.45. The third-order valence-corrected chi connectivity index (χ3v) is 6.20. The van der Waals surface area contributed by atoms with Gasteiger partial charge in [-0.25, -0.2) is 0 Å². The smallest absolute Gasteiger partial charge is 0.224 e. The van der Waals surface area contributed by atoms with Gasteiger partial charge in [0.15, 0.2) is 5.65 Å². The highest BCUT2D eigenvalue weighted by atomic mass is 15.2. The SMILES string of the molecule is Nc1nc(NC2Cc3ccccc3N(Cc3ccc(-c4ccccn4)cc3)C2)c2cn[nH]c2n1. The summed E-state index contributed by atoms with van der Waals surface area (Å²) >= 11 is 0. The molecule has 4 heterocycles. The van der Waals surface area contributed by atoms with Crippen LogP contribution in [0.15, 0.2) is 79.1 Å². The van der Waals surface area contributed by atoms with Crippen LogP contribution in [0, 0.1) is 0 Å². The van der Waals surface area contributed by atoms with Crippen molar-refractivity contribution in [2.45, 2.75) is 19.0 Å². The van der Waals surface area contributed by atoms with Gasteiger partial charge in [0.25, 0.3) is 0 Å². The van der Waals surface area contributed by atoms with Gasteiger partial charge in [-0.15, -0.1) is 0 Å². The lowest BCUT2D eigenvalue weighted by Crippen LogP contribution is -2.42. The van der Waals surface area contributed by atoms with E-state index in [1.54, 1.807) is 6.20 Å². The van der Waals surface area contributed by atoms with E-state index in [-0.39, 0.29) is 12.0 Å². The fraction of sp³-hybridized carbons (Fsp3) is 0.154. The molecule has 0 saturated heterocycles. The largest absolute Gasteiger partial charge is 0.368 e. The maximum absolute atomic E-state index is 5.92. The molecular weight excluding hydrogens is 424 g/mol. The molecule has 0 aliphatic carbocycles. The molecule has 8 heteroatoms. The van der Waals surface area contributed by atoms with E-state index < -0.39 is 0 Å². The molecule has 1 atom stereocenters. The fourth-order valence-electron chi connectivity index (χ4n) is 4.62. The molecule has 168 valence electrons. The van der Waals surface area contributed by atoms with Crippen LogP contribution in [0.3, 0.4) is 0 Å². The summed E-state index contributed by atoms with van der Waals surface area (Å²) in [7, 11) is 0. The van der Waals surface area contributed by atoms with Gasteiger partial charge in [0.1, 0.15) is 5.82 Å². The lowest BCUT2D eigenvalue weighted by molar-refractivity contribution is 0.628. The summed E-state index contributed by atoms with van der Waals surface area (Å²) in [6, 6.07) is 23.4. The Morgan fingerprint density at radius 3 is 2.71 bits per heavy atom. The first kappa shape index (κ1) is 20.2. The molecule has 0 radical (unpaired) electrons. The standard InChI is InChI=1S/C26H24N8/c27-26-31-24(21-14-29-33-25(21)32-26)30-20-13-19-5-1-2-7-23(19)34(16-20)15-17-8-10-18(11-9-17)22-6-3-4-12-28-22/h1-12,14,20H,13,15-16H2,(H4,27,29,30,31,32,33). The quantitative estimate of drug-likeness (QED) is 0.372. The van der Waals surface area contributed by atoms with Crippen molar-refractivity contribution in [1.82, 2.24) is 25.1 Å². The first-order valence-electron chi connectivity index (χ1n) is 11.3. The maximum atomic E-state index is 5.92. The third kappa shape index (κ3) is 3.90. The second-order valence-electron chi connectivity index (χ2n) is 8.53. The summed E-state index contributed by atoms with van der Waals surface area (Å²) in [5.74, 6) is 0.931. The summed E-state index contributed by atoms with van der Waals surface area (Å²) in [4.78, 5) is 15.5. The number of nitrogens with one attached hydrogen (secondary N) is 2. The molecule has 4 N–H and O–H groups in total. The minimum atomic E-state index is 0.162. The predicted molar refractivity (Wildman–Crippen MR) is 134 cm³/mol. The number of anilines is 3. The minimum absolute atomic E-state index is 0.162. The first-order valence-corrected chi connectivity index (χ1v) is 11.3. The average molecular weight is 449 g/mol. The van der Waals surface area contributed by atoms with E-state index in [9.17, 15) is 0 Å². The van der Waals surface area contributed by atoms with Crippen molar-refractivity contribution in [3.05, 3.63) is 90.3 Å². The second-order valence-corrected chi connectivity index (χ2v) is 8.53. The number of H-pyrrole nitrogens is 1. The van der Waals surface area contributed by atoms with Gasteiger partial charge < -0.3 is 16.0 Å². The molecular formula is C26H24N8. The Labute approximate surface area is 196 Å². The zero-order chi connectivity index (χ0) is 22.9. The number of rotatable bonds is 5. The van der Waals surface area contributed by atoms with Crippen LogP contribution in [0.2, 0.25) is 0 Å². The van der Waals surface area contributed by atoms with Crippen molar-refractivity contribution in [1.29, 1.82) is 0 Å². The Hall–Kier alpha value is -4.46. The summed E-state index contributed by atoms with van der Waals surface area (Å²) in [5, 5.41) is 11.4. The van der Waals surface area contributed by atoms with Crippen LogP contribution in [0.5, 0.6) is 0 Å². The van der Waals surface area contributed by atoms with Crippen LogP contribution in [0.25, 0.3) is 22.3 Å². The maximum Gasteiger partial charge on any atom is 0.224 e. The van der Waals surface area contributed by atoms with Gasteiger partial charge in [-0.1, -0.05) is 48.5 Å². The van der Waals surface area contributed by atoms with Crippen molar-refractivity contribution >= 4 is 28.5 Å². The number of aromatic amines is 1. The van der Waals surface area contributed by atoms with Crippen molar-refractivity contribution in [2.24, 2.45) is 0 Å². The van der Waals surface area contributed by atoms with E-state index in [0.717, 1.165) is 36.2 Å². The monoisotopic (exact) mass is 448 g/mol. The molecule has 34 heavy (non-hydrogen) atoms. The molecule has 0 fully saturated rings. The van der Waals surface area contributed by atoms with Gasteiger partial charge in [-0.3, -0.25) is 10.1 Å². The Kier molecular flexibility index (Phi) is 5.03. The van der Waals surface area contributed by atoms with Crippen LogP contribution in [-0.4, -0.2) is 37.7 Å². The van der Waals surface area contributed by atoms with E-state index in [4.69, 9.17) is 5.73 Å². The highest BCUT2D eigenvalue weighted by molar-refractivity contribution is 5.87. The highest BCUT2D eigenvalue weighted by Gasteiger charge is 2.25. The van der Waals surface area contributed by atoms with Crippen molar-refractivity contribution in [3.8, 4) is 11.3 Å². The summed E-state index contributed by atoms with van der Waals surface area (Å²) < 4.78 is 0. The summed E-state index contributed by atoms with van der Waals surface area (Å²) in [5.41, 5.74) is 12.5. The van der Waals surface area contributed by atoms with Gasteiger partial charge in [-0.2, -0.15) is 15.1 Å². The predicted octanol–water partition coefficient (Wildman–Crippen LogP) is 4.04. The number of nitrogens with zero attached hydrogens (tertiary/aromatic N) is 5. The minimum Gasteiger partial charge on any atom is -0.368 e. The number of hydrogen-bond acceptors (Lipinski definition) is 7. The van der Waals surface area contributed by atoms with Crippen molar-refractivity contribution in [2.75, 3.05) is 22.5 Å². The molecule has 1 unspecified atom stereocenters. The van der Waals surface area contributed by atoms with E-state index in [1.165, 1.54) is 16.8 Å². The second kappa shape index (κ2) is 8.47. The lowest BCUT2D eigenvalue weighted by atomic mass is 9.97. The first-order chi connectivity index (χ1) is 16.7. The number of nitrogens with two attached hydrogens (primary N) is 1. The van der Waals surface area contributed by atoms with Gasteiger partial charge in [-0.05, 0) is 35.7 Å². The zero-order valence-electron chi connectivity index (χ0n) is 18.5. The topological polar surface area (TPSA) is 109 Å².